The van der Waals surface area contributed by atoms with Gasteiger partial charge in [-0.3, -0.25) is 15.5 Å². The van der Waals surface area contributed by atoms with E-state index < -0.39 is 15.0 Å². The first kappa shape index (κ1) is 19.1. The number of nitrogens with one attached hydrogen (secondary N) is 1. The van der Waals surface area contributed by atoms with Crippen molar-refractivity contribution in [2.24, 2.45) is 5.10 Å². The van der Waals surface area contributed by atoms with Crippen LogP contribution in [0, 0.1) is 10.1 Å². The average molecular weight is 397 g/mol. The second-order valence-corrected chi connectivity index (χ2v) is 7.14. The number of anilines is 1. The summed E-state index contributed by atoms with van der Waals surface area (Å²) in [6.45, 7) is 0. The number of rotatable bonds is 7. The molecule has 1 N–H and O–H groups in total. The van der Waals surface area contributed by atoms with Crippen molar-refractivity contribution in [2.75, 3.05) is 5.43 Å². The molecule has 0 aliphatic heterocycles. The Kier molecular flexibility index (Phi) is 5.66. The van der Waals surface area contributed by atoms with E-state index in [0.29, 0.717) is 11.3 Å². The van der Waals surface area contributed by atoms with Crippen molar-refractivity contribution in [3.05, 3.63) is 94.5 Å². The van der Waals surface area contributed by atoms with Crippen molar-refractivity contribution in [3.8, 4) is 5.75 Å². The Bertz CT molecular complexity index is 1080. The van der Waals surface area contributed by atoms with Crippen LogP contribution in [0.5, 0.6) is 5.75 Å². The largest absolute Gasteiger partial charge is 0.379 e. The van der Waals surface area contributed by atoms with Crippen LogP contribution in [0.1, 0.15) is 5.56 Å². The molecular formula is C19H15N3O5S. The monoisotopic (exact) mass is 397 g/mol. The van der Waals surface area contributed by atoms with Gasteiger partial charge in [0.2, 0.25) is 0 Å². The zero-order valence-corrected chi connectivity index (χ0v) is 15.2. The van der Waals surface area contributed by atoms with Crippen LogP contribution >= 0.6 is 0 Å². The fourth-order valence-corrected chi connectivity index (χ4v) is 3.16. The SMILES string of the molecule is O=[N+]([O-])c1ccc(N/N=C/c2ccc(OS(=O)(=O)c3ccccc3)cc2)cc1. The average Bonchev–Trinajstić information content (AvgIpc) is 2.70. The van der Waals surface area contributed by atoms with Gasteiger partial charge in [0, 0.05) is 12.1 Å². The van der Waals surface area contributed by atoms with E-state index >= 15 is 0 Å². The maximum atomic E-state index is 12.2. The first-order valence-corrected chi connectivity index (χ1v) is 9.48. The highest BCUT2D eigenvalue weighted by Crippen LogP contribution is 2.19. The van der Waals surface area contributed by atoms with E-state index in [-0.39, 0.29) is 16.3 Å². The van der Waals surface area contributed by atoms with Gasteiger partial charge in [0.15, 0.2) is 0 Å². The quantitative estimate of drug-likeness (QED) is 0.281. The van der Waals surface area contributed by atoms with Crippen molar-refractivity contribution in [1.29, 1.82) is 0 Å². The first-order chi connectivity index (χ1) is 13.4. The van der Waals surface area contributed by atoms with Crippen molar-refractivity contribution < 1.29 is 17.5 Å². The third-order valence-corrected chi connectivity index (χ3v) is 4.86. The number of nitrogens with zero attached hydrogens (tertiary/aromatic N) is 2. The summed E-state index contributed by atoms with van der Waals surface area (Å²) >= 11 is 0. The third-order valence-electron chi connectivity index (χ3n) is 3.60. The summed E-state index contributed by atoms with van der Waals surface area (Å²) in [6, 6.07) is 20.0. The molecule has 0 saturated carbocycles. The molecule has 0 spiro atoms. The van der Waals surface area contributed by atoms with Gasteiger partial charge in [0.05, 0.1) is 16.8 Å². The Morgan fingerprint density at radius 2 is 1.57 bits per heavy atom. The van der Waals surface area contributed by atoms with E-state index in [1.165, 1.54) is 42.6 Å². The minimum absolute atomic E-state index is 0.00410. The van der Waals surface area contributed by atoms with Crippen LogP contribution in [0.4, 0.5) is 11.4 Å². The van der Waals surface area contributed by atoms with Gasteiger partial charge in [-0.15, -0.1) is 0 Å². The highest BCUT2D eigenvalue weighted by Gasteiger charge is 2.15. The van der Waals surface area contributed by atoms with Crippen LogP contribution in [0.25, 0.3) is 0 Å². The van der Waals surface area contributed by atoms with Gasteiger partial charge >= 0.3 is 10.1 Å². The van der Waals surface area contributed by atoms with Gasteiger partial charge in [0.1, 0.15) is 10.6 Å². The minimum atomic E-state index is -3.88. The molecular weight excluding hydrogens is 382 g/mol. The fraction of sp³-hybridized carbons (Fsp3) is 0. The van der Waals surface area contributed by atoms with Gasteiger partial charge in [-0.2, -0.15) is 13.5 Å². The summed E-state index contributed by atoms with van der Waals surface area (Å²) in [6.07, 6.45) is 1.52. The molecule has 0 aliphatic carbocycles. The van der Waals surface area contributed by atoms with E-state index in [1.807, 2.05) is 0 Å². The molecule has 0 unspecified atom stereocenters. The van der Waals surface area contributed by atoms with Crippen LogP contribution in [0.3, 0.4) is 0 Å². The number of hydrazone groups is 1. The second kappa shape index (κ2) is 8.31. The zero-order valence-electron chi connectivity index (χ0n) is 14.4. The molecule has 3 aromatic carbocycles. The summed E-state index contributed by atoms with van der Waals surface area (Å²) in [5.41, 5.74) is 4.05. The van der Waals surface area contributed by atoms with Crippen molar-refractivity contribution >= 4 is 27.7 Å². The number of benzene rings is 3. The van der Waals surface area contributed by atoms with E-state index in [1.54, 1.807) is 42.5 Å². The molecule has 0 amide bonds. The molecule has 3 aromatic rings. The van der Waals surface area contributed by atoms with Crippen molar-refractivity contribution in [1.82, 2.24) is 0 Å². The number of nitro groups is 1. The molecule has 9 heteroatoms. The maximum absolute atomic E-state index is 12.2. The van der Waals surface area contributed by atoms with Gasteiger partial charge in [-0.05, 0) is 54.1 Å². The van der Waals surface area contributed by atoms with Crippen LogP contribution in [-0.4, -0.2) is 19.6 Å². The predicted molar refractivity (Wildman–Crippen MR) is 105 cm³/mol. The number of non-ortho nitro benzene ring substituents is 1. The van der Waals surface area contributed by atoms with Crippen LogP contribution in [0.15, 0.2) is 88.9 Å². The molecule has 28 heavy (non-hydrogen) atoms. The van der Waals surface area contributed by atoms with Crippen LogP contribution in [0.2, 0.25) is 0 Å². The lowest BCUT2D eigenvalue weighted by Crippen LogP contribution is -2.09. The summed E-state index contributed by atoms with van der Waals surface area (Å²) in [5, 5.41) is 14.6. The molecule has 0 aromatic heterocycles. The topological polar surface area (TPSA) is 111 Å². The van der Waals surface area contributed by atoms with Gasteiger partial charge in [-0.25, -0.2) is 0 Å². The van der Waals surface area contributed by atoms with Crippen LogP contribution < -0.4 is 9.61 Å². The molecule has 0 saturated heterocycles. The Morgan fingerprint density at radius 1 is 0.929 bits per heavy atom. The zero-order chi connectivity index (χ0) is 20.0. The standard InChI is InChI=1S/C19H15N3O5S/c23-22(24)17-10-8-16(9-11-17)21-20-14-15-6-12-18(13-7-15)27-28(25,26)19-4-2-1-3-5-19/h1-14,21H/b20-14+. The predicted octanol–water partition coefficient (Wildman–Crippen LogP) is 3.81. The lowest BCUT2D eigenvalue weighted by atomic mass is 10.2. The Hall–Kier alpha value is -3.72. The Labute approximate surface area is 161 Å². The lowest BCUT2D eigenvalue weighted by molar-refractivity contribution is -0.384. The van der Waals surface area contributed by atoms with Gasteiger partial charge < -0.3 is 4.18 Å². The highest BCUT2D eigenvalue weighted by molar-refractivity contribution is 7.87. The number of nitro benzene ring substituents is 1. The first-order valence-electron chi connectivity index (χ1n) is 8.07. The van der Waals surface area contributed by atoms with Crippen molar-refractivity contribution in [3.63, 3.8) is 0 Å². The highest BCUT2D eigenvalue weighted by atomic mass is 32.2. The van der Waals surface area contributed by atoms with Gasteiger partial charge in [-0.1, -0.05) is 18.2 Å². The van der Waals surface area contributed by atoms with E-state index in [2.05, 4.69) is 10.5 Å². The van der Waals surface area contributed by atoms with E-state index in [9.17, 15) is 18.5 Å². The fourth-order valence-electron chi connectivity index (χ4n) is 2.21. The minimum Gasteiger partial charge on any atom is -0.379 e. The molecule has 142 valence electrons. The molecule has 0 radical (unpaired) electrons. The molecule has 0 fully saturated rings. The molecule has 0 bridgehead atoms. The smallest absolute Gasteiger partial charge is 0.339 e. The second-order valence-electron chi connectivity index (χ2n) is 5.59. The summed E-state index contributed by atoms with van der Waals surface area (Å²) in [7, 11) is -3.88. The Morgan fingerprint density at radius 3 is 2.18 bits per heavy atom. The van der Waals surface area contributed by atoms with E-state index in [4.69, 9.17) is 4.18 Å². The Balaban J connectivity index is 1.61. The molecule has 0 heterocycles. The van der Waals surface area contributed by atoms with Crippen LogP contribution in [-0.2, 0) is 10.1 Å². The van der Waals surface area contributed by atoms with Crippen molar-refractivity contribution in [2.45, 2.75) is 4.90 Å². The third kappa shape index (κ3) is 4.92. The molecule has 0 aliphatic rings. The summed E-state index contributed by atoms with van der Waals surface area (Å²) in [5.74, 6) is 0.185. The summed E-state index contributed by atoms with van der Waals surface area (Å²) < 4.78 is 29.5. The van der Waals surface area contributed by atoms with E-state index in [0.717, 1.165) is 0 Å². The van der Waals surface area contributed by atoms with Gasteiger partial charge in [0.25, 0.3) is 5.69 Å². The molecule has 0 atom stereocenters. The summed E-state index contributed by atoms with van der Waals surface area (Å²) in [4.78, 5) is 10.2. The lowest BCUT2D eigenvalue weighted by Gasteiger charge is -2.07. The number of hydrogen-bond acceptors (Lipinski definition) is 7. The maximum Gasteiger partial charge on any atom is 0.339 e. The molecule has 3 rings (SSSR count). The number of hydrogen-bond donors (Lipinski definition) is 1. The molecule has 8 nitrogen and oxygen atoms in total. The normalized spacial score (nSPS) is 11.3.